The van der Waals surface area contributed by atoms with Gasteiger partial charge in [0.1, 0.15) is 0 Å². The first kappa shape index (κ1) is 11.0. The van der Waals surface area contributed by atoms with Gasteiger partial charge in [-0.15, -0.1) is 11.8 Å². The zero-order valence-corrected chi connectivity index (χ0v) is 12.4. The molecule has 0 bridgehead atoms. The average molecular weight is 362 g/mol. The second-order valence-corrected chi connectivity index (χ2v) is 6.64. The number of anilines is 2. The smallest absolute Gasteiger partial charge is 0.0852 e. The molecule has 1 unspecified atom stereocenters. The molecule has 1 aromatic carbocycles. The molecule has 2 nitrogen and oxygen atoms in total. The second kappa shape index (κ2) is 4.27. The highest BCUT2D eigenvalue weighted by Crippen LogP contribution is 2.43. The number of nitrogens with zero attached hydrogens (tertiary/aromatic N) is 1. The largest absolute Gasteiger partial charge is 0.382 e. The molecule has 84 valence electrons. The molecule has 0 radical (unpaired) electrons. The zero-order valence-electron chi connectivity index (χ0n) is 8.41. The van der Waals surface area contributed by atoms with Crippen LogP contribution in [0.3, 0.4) is 0 Å². The lowest BCUT2D eigenvalue weighted by Gasteiger charge is -2.23. The van der Waals surface area contributed by atoms with Crippen LogP contribution in [0.5, 0.6) is 0 Å². The van der Waals surface area contributed by atoms with Gasteiger partial charge in [-0.3, -0.25) is 0 Å². The van der Waals surface area contributed by atoms with E-state index in [1.165, 1.54) is 11.4 Å². The summed E-state index contributed by atoms with van der Waals surface area (Å²) in [5.41, 5.74) is 2.43. The Morgan fingerprint density at radius 3 is 3.12 bits per heavy atom. The number of hydrogen-bond acceptors (Lipinski definition) is 3. The van der Waals surface area contributed by atoms with Crippen LogP contribution in [0.1, 0.15) is 6.42 Å². The van der Waals surface area contributed by atoms with E-state index in [1.54, 1.807) is 0 Å². The maximum absolute atomic E-state index is 3.61. The van der Waals surface area contributed by atoms with Crippen LogP contribution in [0.2, 0.25) is 0 Å². The third-order valence-electron chi connectivity index (χ3n) is 2.77. The number of halogens is 2. The first-order valence-electron chi connectivity index (χ1n) is 5.09. The first-order chi connectivity index (χ1) is 7.75. The Morgan fingerprint density at radius 2 is 2.25 bits per heavy atom. The highest BCUT2D eigenvalue weighted by molar-refractivity contribution is 9.11. The topological polar surface area (TPSA) is 15.3 Å². The normalized spacial score (nSPS) is 22.4. The van der Waals surface area contributed by atoms with Crippen molar-refractivity contribution < 1.29 is 0 Å². The minimum Gasteiger partial charge on any atom is -0.382 e. The quantitative estimate of drug-likeness (QED) is 0.738. The van der Waals surface area contributed by atoms with Crippen LogP contribution in [0.15, 0.2) is 32.7 Å². The van der Waals surface area contributed by atoms with Gasteiger partial charge in [0.2, 0.25) is 0 Å². The molecule has 1 atom stereocenters. The van der Waals surface area contributed by atoms with Crippen LogP contribution in [0.25, 0.3) is 0 Å². The lowest BCUT2D eigenvalue weighted by Crippen LogP contribution is -2.23. The van der Waals surface area contributed by atoms with Crippen molar-refractivity contribution >= 4 is 55.0 Å². The molecule has 1 aromatic rings. The summed E-state index contributed by atoms with van der Waals surface area (Å²) in [5, 5.41) is 6.20. The number of rotatable bonds is 0. The summed E-state index contributed by atoms with van der Waals surface area (Å²) in [6.07, 6.45) is 3.32. The Labute approximate surface area is 116 Å². The summed E-state index contributed by atoms with van der Waals surface area (Å²) in [6.45, 7) is 1.02. The summed E-state index contributed by atoms with van der Waals surface area (Å²) in [4.78, 5) is 2.34. The Bertz CT molecular complexity index is 462. The van der Waals surface area contributed by atoms with E-state index in [1.807, 2.05) is 11.8 Å². The van der Waals surface area contributed by atoms with Gasteiger partial charge in [0, 0.05) is 21.7 Å². The van der Waals surface area contributed by atoms with Crippen LogP contribution in [0.4, 0.5) is 11.4 Å². The van der Waals surface area contributed by atoms with Crippen molar-refractivity contribution in [2.75, 3.05) is 16.8 Å². The summed E-state index contributed by atoms with van der Waals surface area (Å²) in [5.74, 6) is 0. The number of benzene rings is 1. The predicted molar refractivity (Wildman–Crippen MR) is 77.9 cm³/mol. The molecule has 0 spiro atoms. The Morgan fingerprint density at radius 1 is 1.38 bits per heavy atom. The van der Waals surface area contributed by atoms with Crippen LogP contribution in [-0.2, 0) is 0 Å². The van der Waals surface area contributed by atoms with E-state index >= 15 is 0 Å². The molecular formula is C11H10Br2N2S. The maximum atomic E-state index is 3.61. The lowest BCUT2D eigenvalue weighted by molar-refractivity contribution is 0.817. The number of nitrogens with one attached hydrogen (secondary N) is 1. The van der Waals surface area contributed by atoms with Gasteiger partial charge in [-0.1, -0.05) is 15.9 Å². The Kier molecular flexibility index (Phi) is 2.94. The van der Waals surface area contributed by atoms with Crippen molar-refractivity contribution in [1.29, 1.82) is 0 Å². The molecule has 0 aliphatic carbocycles. The molecule has 2 heterocycles. The van der Waals surface area contributed by atoms with Gasteiger partial charge in [-0.05, 0) is 39.9 Å². The van der Waals surface area contributed by atoms with Crippen molar-refractivity contribution in [2.24, 2.45) is 0 Å². The second-order valence-electron chi connectivity index (χ2n) is 3.78. The molecule has 1 N–H and O–H groups in total. The van der Waals surface area contributed by atoms with E-state index in [9.17, 15) is 0 Å². The van der Waals surface area contributed by atoms with Crippen molar-refractivity contribution in [3.05, 3.63) is 32.7 Å². The molecule has 0 fully saturated rings. The van der Waals surface area contributed by atoms with Crippen molar-refractivity contribution in [1.82, 2.24) is 0 Å². The van der Waals surface area contributed by atoms with Gasteiger partial charge in [0.25, 0.3) is 0 Å². The van der Waals surface area contributed by atoms with Crippen molar-refractivity contribution in [3.8, 4) is 0 Å². The summed E-state index contributed by atoms with van der Waals surface area (Å²) in [6, 6.07) is 4.25. The maximum Gasteiger partial charge on any atom is 0.0852 e. The van der Waals surface area contributed by atoms with Gasteiger partial charge in [0.05, 0.1) is 16.7 Å². The van der Waals surface area contributed by atoms with Crippen LogP contribution in [0, 0.1) is 0 Å². The molecule has 0 saturated carbocycles. The predicted octanol–water partition coefficient (Wildman–Crippen LogP) is 4.38. The fourth-order valence-corrected chi connectivity index (χ4v) is 4.35. The van der Waals surface area contributed by atoms with Crippen LogP contribution < -0.4 is 10.2 Å². The van der Waals surface area contributed by atoms with Crippen LogP contribution >= 0.6 is 43.6 Å². The summed E-state index contributed by atoms with van der Waals surface area (Å²) >= 11 is 9.05. The van der Waals surface area contributed by atoms with Crippen LogP contribution in [-0.4, -0.2) is 11.9 Å². The fraction of sp³-hybridized carbons (Fsp3) is 0.273. The van der Waals surface area contributed by atoms with E-state index in [-0.39, 0.29) is 0 Å². The van der Waals surface area contributed by atoms with E-state index in [2.05, 4.69) is 65.8 Å². The standard InChI is InChI=1S/C11H10Br2N2S/c12-7-5-8(13)11-9(6-7)15-3-4-16-10(15)1-2-14-11/h3-6,10,14H,1-2H2. The first-order valence-corrected chi connectivity index (χ1v) is 7.62. The van der Waals surface area contributed by atoms with Crippen molar-refractivity contribution in [3.63, 3.8) is 0 Å². The van der Waals surface area contributed by atoms with Gasteiger partial charge < -0.3 is 10.2 Å². The Hall–Kier alpha value is -0.130. The number of fused-ring (bicyclic) bond motifs is 3. The van der Waals surface area contributed by atoms with E-state index in [4.69, 9.17) is 0 Å². The molecule has 3 rings (SSSR count). The third kappa shape index (κ3) is 1.79. The van der Waals surface area contributed by atoms with E-state index in [0.717, 1.165) is 21.9 Å². The van der Waals surface area contributed by atoms with Gasteiger partial charge in [0.15, 0.2) is 0 Å². The van der Waals surface area contributed by atoms with Gasteiger partial charge in [-0.25, -0.2) is 0 Å². The summed E-state index contributed by atoms with van der Waals surface area (Å²) in [7, 11) is 0. The zero-order chi connectivity index (χ0) is 11.1. The molecule has 0 saturated heterocycles. The lowest BCUT2D eigenvalue weighted by atomic mass is 10.2. The molecule has 2 aliphatic rings. The Balaban J connectivity index is 2.15. The SMILES string of the molecule is Brc1cc(Br)c2c(c1)N1C=CSC1CCN2. The van der Waals surface area contributed by atoms with E-state index < -0.39 is 0 Å². The van der Waals surface area contributed by atoms with E-state index in [0.29, 0.717) is 5.37 Å². The number of hydrogen-bond donors (Lipinski definition) is 1. The molecule has 2 aliphatic heterocycles. The fourth-order valence-electron chi connectivity index (χ4n) is 2.05. The van der Waals surface area contributed by atoms with Gasteiger partial charge >= 0.3 is 0 Å². The molecular weight excluding hydrogens is 352 g/mol. The molecule has 0 aromatic heterocycles. The minimum atomic E-state index is 0.537. The minimum absolute atomic E-state index is 0.537. The molecule has 5 heteroatoms. The van der Waals surface area contributed by atoms with Crippen molar-refractivity contribution in [2.45, 2.75) is 11.8 Å². The highest BCUT2D eigenvalue weighted by atomic mass is 79.9. The third-order valence-corrected chi connectivity index (χ3v) is 4.91. The average Bonchev–Trinajstić information content (AvgIpc) is 2.62. The monoisotopic (exact) mass is 360 g/mol. The number of thioether (sulfide) groups is 1. The highest BCUT2D eigenvalue weighted by Gasteiger charge is 2.27. The van der Waals surface area contributed by atoms with Gasteiger partial charge in [-0.2, -0.15) is 0 Å². The molecule has 16 heavy (non-hydrogen) atoms. The molecule has 0 amide bonds. The summed E-state index contributed by atoms with van der Waals surface area (Å²) < 4.78 is 2.22.